The van der Waals surface area contributed by atoms with Crippen LogP contribution in [-0.2, 0) is 0 Å². The number of para-hydroxylation sites is 1. The van der Waals surface area contributed by atoms with Gasteiger partial charge in [0.05, 0.1) is 18.4 Å². The van der Waals surface area contributed by atoms with Crippen molar-refractivity contribution in [2.24, 2.45) is 4.99 Å². The average Bonchev–Trinajstić information content (AvgIpc) is 3.08. The lowest BCUT2D eigenvalue weighted by Crippen LogP contribution is -2.15. The first-order chi connectivity index (χ1) is 12.2. The Bertz CT molecular complexity index is 686. The van der Waals surface area contributed by atoms with Crippen LogP contribution in [0.5, 0.6) is 5.75 Å². The molecule has 2 aromatic carbocycles. The number of aliphatic imine (C=N–C) groups is 1. The predicted molar refractivity (Wildman–Crippen MR) is 108 cm³/mol. The molecule has 1 atom stereocenters. The molecule has 1 N–H and O–H groups in total. The molecular formula is C20H25N3OS. The maximum atomic E-state index is 5.80. The minimum atomic E-state index is 0.369. The van der Waals surface area contributed by atoms with Crippen LogP contribution in [0.4, 0.5) is 5.69 Å². The van der Waals surface area contributed by atoms with Crippen LogP contribution >= 0.6 is 11.8 Å². The molecule has 0 amide bonds. The summed E-state index contributed by atoms with van der Waals surface area (Å²) in [6.45, 7) is 2.61. The van der Waals surface area contributed by atoms with Crippen LogP contribution in [-0.4, -0.2) is 43.9 Å². The number of hydrogen-bond donors (Lipinski definition) is 1. The molecule has 1 heterocycles. The van der Waals surface area contributed by atoms with E-state index in [0.717, 1.165) is 42.7 Å². The van der Waals surface area contributed by atoms with E-state index in [2.05, 4.69) is 65.7 Å². The Morgan fingerprint density at radius 1 is 1.12 bits per heavy atom. The summed E-state index contributed by atoms with van der Waals surface area (Å²) in [6, 6.07) is 18.6. The van der Waals surface area contributed by atoms with Gasteiger partial charge < -0.3 is 15.0 Å². The van der Waals surface area contributed by atoms with Gasteiger partial charge in [0.1, 0.15) is 5.75 Å². The molecule has 1 unspecified atom stereocenters. The molecule has 2 aromatic rings. The molecule has 3 rings (SSSR count). The zero-order valence-corrected chi connectivity index (χ0v) is 15.6. The molecule has 0 aliphatic carbocycles. The van der Waals surface area contributed by atoms with E-state index in [1.54, 1.807) is 11.8 Å². The van der Waals surface area contributed by atoms with E-state index >= 15 is 0 Å². The third-order valence-electron chi connectivity index (χ3n) is 3.95. The third-order valence-corrected chi connectivity index (χ3v) is 5.11. The fourth-order valence-electron chi connectivity index (χ4n) is 2.61. The maximum absolute atomic E-state index is 5.80. The number of nitrogens with zero attached hydrogens (tertiary/aromatic N) is 2. The average molecular weight is 356 g/mol. The van der Waals surface area contributed by atoms with Crippen molar-refractivity contribution in [1.29, 1.82) is 0 Å². The van der Waals surface area contributed by atoms with Gasteiger partial charge in [-0.3, -0.25) is 4.99 Å². The van der Waals surface area contributed by atoms with Crippen molar-refractivity contribution in [2.45, 2.75) is 11.7 Å². The van der Waals surface area contributed by atoms with Crippen LogP contribution in [0.25, 0.3) is 0 Å². The number of thioether (sulfide) groups is 1. The summed E-state index contributed by atoms with van der Waals surface area (Å²) in [5.41, 5.74) is 2.37. The van der Waals surface area contributed by atoms with Gasteiger partial charge in [-0.1, -0.05) is 42.1 Å². The highest BCUT2D eigenvalue weighted by atomic mass is 32.2. The molecule has 1 aliphatic rings. The highest BCUT2D eigenvalue weighted by molar-refractivity contribution is 8.14. The first kappa shape index (κ1) is 17.8. The second kappa shape index (κ2) is 8.92. The van der Waals surface area contributed by atoms with Crippen molar-refractivity contribution < 1.29 is 4.74 Å². The van der Waals surface area contributed by atoms with E-state index < -0.39 is 0 Å². The molecule has 5 heteroatoms. The molecule has 0 bridgehead atoms. The molecule has 0 fully saturated rings. The van der Waals surface area contributed by atoms with Gasteiger partial charge in [-0.25, -0.2) is 0 Å². The summed E-state index contributed by atoms with van der Waals surface area (Å²) in [5.74, 6) is 0.939. The van der Waals surface area contributed by atoms with Gasteiger partial charge in [-0.2, -0.15) is 0 Å². The van der Waals surface area contributed by atoms with Crippen molar-refractivity contribution in [3.8, 4) is 5.75 Å². The second-order valence-corrected chi connectivity index (χ2v) is 7.51. The highest BCUT2D eigenvalue weighted by Crippen LogP contribution is 2.36. The quantitative estimate of drug-likeness (QED) is 0.753. The Hall–Kier alpha value is -1.98. The Morgan fingerprint density at radius 3 is 2.60 bits per heavy atom. The maximum Gasteiger partial charge on any atom is 0.161 e. The molecule has 25 heavy (non-hydrogen) atoms. The van der Waals surface area contributed by atoms with Gasteiger partial charge in [0.25, 0.3) is 0 Å². The number of anilines is 1. The van der Waals surface area contributed by atoms with E-state index in [1.807, 2.05) is 18.2 Å². The fourth-order valence-corrected chi connectivity index (χ4v) is 3.65. The summed E-state index contributed by atoms with van der Waals surface area (Å²) >= 11 is 1.78. The van der Waals surface area contributed by atoms with Crippen molar-refractivity contribution in [3.05, 3.63) is 60.2 Å². The molecule has 0 aromatic heterocycles. The third kappa shape index (κ3) is 5.51. The van der Waals surface area contributed by atoms with E-state index in [1.165, 1.54) is 5.56 Å². The molecule has 0 saturated heterocycles. The van der Waals surface area contributed by atoms with E-state index in [4.69, 9.17) is 4.74 Å². The lowest BCUT2D eigenvalue weighted by molar-refractivity contribution is 0.281. The lowest BCUT2D eigenvalue weighted by atomic mass is 10.1. The number of hydrogen-bond acceptors (Lipinski definition) is 5. The topological polar surface area (TPSA) is 36.9 Å². The van der Waals surface area contributed by atoms with Crippen LogP contribution in [0.15, 0.2) is 59.6 Å². The Morgan fingerprint density at radius 2 is 1.88 bits per heavy atom. The van der Waals surface area contributed by atoms with Crippen LogP contribution in [0.1, 0.15) is 17.2 Å². The monoisotopic (exact) mass is 355 g/mol. The summed E-state index contributed by atoms with van der Waals surface area (Å²) in [4.78, 5) is 6.79. The standard InChI is InChI=1S/C20H25N3OS/c1-23(2)13-6-14-24-18-11-9-16(10-12-18)19-15-21-20(25-19)22-17-7-4-3-5-8-17/h3-5,7-12,19H,6,13-15H2,1-2H3,(H,21,22). The van der Waals surface area contributed by atoms with Gasteiger partial charge in [0.2, 0.25) is 0 Å². The van der Waals surface area contributed by atoms with E-state index in [0.29, 0.717) is 5.25 Å². The van der Waals surface area contributed by atoms with Gasteiger partial charge in [-0.15, -0.1) is 0 Å². The minimum absolute atomic E-state index is 0.369. The SMILES string of the molecule is CN(C)CCCOc1ccc(C2CN=C(Nc3ccccc3)S2)cc1. The van der Waals surface area contributed by atoms with Crippen molar-refractivity contribution in [2.75, 3.05) is 39.1 Å². The molecule has 4 nitrogen and oxygen atoms in total. The van der Waals surface area contributed by atoms with Crippen LogP contribution < -0.4 is 10.1 Å². The molecule has 1 aliphatic heterocycles. The minimum Gasteiger partial charge on any atom is -0.494 e. The van der Waals surface area contributed by atoms with Gasteiger partial charge in [-0.05, 0) is 50.3 Å². The summed E-state index contributed by atoms with van der Waals surface area (Å²) in [7, 11) is 4.16. The number of amidine groups is 1. The number of benzene rings is 2. The Labute approximate surface area is 154 Å². The predicted octanol–water partition coefficient (Wildman–Crippen LogP) is 4.27. The van der Waals surface area contributed by atoms with Gasteiger partial charge in [0.15, 0.2) is 5.17 Å². The highest BCUT2D eigenvalue weighted by Gasteiger charge is 2.21. The number of ether oxygens (including phenoxy) is 1. The summed E-state index contributed by atoms with van der Waals surface area (Å²) < 4.78 is 5.80. The van der Waals surface area contributed by atoms with Gasteiger partial charge >= 0.3 is 0 Å². The molecule has 0 spiro atoms. The largest absolute Gasteiger partial charge is 0.494 e. The molecular weight excluding hydrogens is 330 g/mol. The summed E-state index contributed by atoms with van der Waals surface area (Å²) in [5, 5.41) is 4.74. The number of rotatable bonds is 7. The molecule has 0 radical (unpaired) electrons. The van der Waals surface area contributed by atoms with Crippen molar-refractivity contribution >= 4 is 22.6 Å². The lowest BCUT2D eigenvalue weighted by Gasteiger charge is -2.12. The first-order valence-corrected chi connectivity index (χ1v) is 9.49. The van der Waals surface area contributed by atoms with Crippen molar-refractivity contribution in [3.63, 3.8) is 0 Å². The van der Waals surface area contributed by atoms with E-state index in [9.17, 15) is 0 Å². The van der Waals surface area contributed by atoms with Crippen LogP contribution in [0, 0.1) is 0 Å². The Balaban J connectivity index is 1.47. The normalized spacial score (nSPS) is 16.8. The Kier molecular flexibility index (Phi) is 6.36. The fraction of sp³-hybridized carbons (Fsp3) is 0.350. The van der Waals surface area contributed by atoms with Gasteiger partial charge in [0, 0.05) is 12.2 Å². The zero-order chi connectivity index (χ0) is 17.5. The van der Waals surface area contributed by atoms with Crippen LogP contribution in [0.2, 0.25) is 0 Å². The smallest absolute Gasteiger partial charge is 0.161 e. The number of nitrogens with one attached hydrogen (secondary N) is 1. The molecule has 0 saturated carbocycles. The second-order valence-electron chi connectivity index (χ2n) is 6.32. The van der Waals surface area contributed by atoms with Crippen molar-refractivity contribution in [1.82, 2.24) is 4.90 Å². The zero-order valence-electron chi connectivity index (χ0n) is 14.8. The first-order valence-electron chi connectivity index (χ1n) is 8.61. The van der Waals surface area contributed by atoms with Crippen LogP contribution in [0.3, 0.4) is 0 Å². The van der Waals surface area contributed by atoms with E-state index in [-0.39, 0.29) is 0 Å². The molecule has 132 valence electrons. The summed E-state index contributed by atoms with van der Waals surface area (Å²) in [6.07, 6.45) is 1.04.